The summed E-state index contributed by atoms with van der Waals surface area (Å²) in [6.45, 7) is 3.49. The quantitative estimate of drug-likeness (QED) is 0.858. The van der Waals surface area contributed by atoms with Gasteiger partial charge in [0, 0.05) is 24.2 Å². The average Bonchev–Trinajstić information content (AvgIpc) is 2.87. The fourth-order valence-electron chi connectivity index (χ4n) is 2.57. The highest BCUT2D eigenvalue weighted by atomic mass is 16.5. The number of benzene rings is 1. The molecule has 1 aromatic rings. The number of aromatic hydroxyl groups is 1. The number of amides is 1. The van der Waals surface area contributed by atoms with Crippen molar-refractivity contribution in [2.24, 2.45) is 11.7 Å². The van der Waals surface area contributed by atoms with Crippen LogP contribution in [0.1, 0.15) is 24.9 Å². The Bertz CT molecular complexity index is 476. The summed E-state index contributed by atoms with van der Waals surface area (Å²) < 4.78 is 5.07. The van der Waals surface area contributed by atoms with Crippen molar-refractivity contribution in [2.75, 3.05) is 20.2 Å². The van der Waals surface area contributed by atoms with Crippen LogP contribution in [0.25, 0.3) is 0 Å². The van der Waals surface area contributed by atoms with Gasteiger partial charge in [0.15, 0.2) is 0 Å². The number of nitrogens with two attached hydrogens (primary N) is 1. The number of phenols is 1. The second-order valence-electron chi connectivity index (χ2n) is 4.98. The van der Waals surface area contributed by atoms with Crippen LogP contribution < -0.4 is 10.5 Å². The highest BCUT2D eigenvalue weighted by molar-refractivity contribution is 5.77. The van der Waals surface area contributed by atoms with Crippen molar-refractivity contribution in [1.82, 2.24) is 4.90 Å². The van der Waals surface area contributed by atoms with E-state index in [4.69, 9.17) is 10.5 Å². The van der Waals surface area contributed by atoms with Gasteiger partial charge < -0.3 is 15.6 Å². The van der Waals surface area contributed by atoms with Crippen LogP contribution in [0.5, 0.6) is 11.5 Å². The monoisotopic (exact) mass is 264 g/mol. The molecule has 1 aromatic carbocycles. The molecular formula is C14H20N2O3. The lowest BCUT2D eigenvalue weighted by molar-refractivity contribution is -0.121. The van der Waals surface area contributed by atoms with Gasteiger partial charge in [0.25, 0.3) is 0 Å². The Morgan fingerprint density at radius 3 is 2.84 bits per heavy atom. The van der Waals surface area contributed by atoms with E-state index in [2.05, 4.69) is 4.90 Å². The predicted molar refractivity (Wildman–Crippen MR) is 71.9 cm³/mol. The smallest absolute Gasteiger partial charge is 0.221 e. The normalized spacial score (nSPS) is 21.3. The SMILES string of the molecule is COc1ccc(C(C)N2CCC(C(N)=O)C2)c(O)c1. The van der Waals surface area contributed by atoms with Gasteiger partial charge >= 0.3 is 0 Å². The summed E-state index contributed by atoms with van der Waals surface area (Å²) >= 11 is 0. The maximum atomic E-state index is 11.2. The zero-order valence-electron chi connectivity index (χ0n) is 11.3. The minimum Gasteiger partial charge on any atom is -0.507 e. The first kappa shape index (κ1) is 13.7. The van der Waals surface area contributed by atoms with E-state index in [1.807, 2.05) is 19.1 Å². The molecule has 1 amide bonds. The van der Waals surface area contributed by atoms with E-state index in [1.165, 1.54) is 0 Å². The summed E-state index contributed by atoms with van der Waals surface area (Å²) in [5.41, 5.74) is 6.17. The molecule has 5 nitrogen and oxygen atoms in total. The fraction of sp³-hybridized carbons (Fsp3) is 0.500. The Labute approximate surface area is 113 Å². The highest BCUT2D eigenvalue weighted by Crippen LogP contribution is 2.34. The number of carbonyl (C=O) groups excluding carboxylic acids is 1. The van der Waals surface area contributed by atoms with Crippen LogP contribution in [-0.2, 0) is 4.79 Å². The summed E-state index contributed by atoms with van der Waals surface area (Å²) in [6.07, 6.45) is 0.788. The lowest BCUT2D eigenvalue weighted by Crippen LogP contribution is -2.29. The van der Waals surface area contributed by atoms with Gasteiger partial charge in [0.1, 0.15) is 11.5 Å². The maximum absolute atomic E-state index is 11.2. The lowest BCUT2D eigenvalue weighted by Gasteiger charge is -2.25. The minimum atomic E-state index is -0.242. The van der Waals surface area contributed by atoms with Crippen molar-refractivity contribution < 1.29 is 14.6 Å². The molecule has 1 aliphatic rings. The predicted octanol–water partition coefficient (Wildman–Crippen LogP) is 1.27. The third-order valence-electron chi connectivity index (χ3n) is 3.86. The van der Waals surface area contributed by atoms with E-state index in [-0.39, 0.29) is 23.6 Å². The van der Waals surface area contributed by atoms with Gasteiger partial charge in [0.05, 0.1) is 13.0 Å². The first-order chi connectivity index (χ1) is 9.02. The number of phenolic OH excluding ortho intramolecular Hbond substituents is 1. The van der Waals surface area contributed by atoms with Crippen LogP contribution in [0.2, 0.25) is 0 Å². The molecule has 0 radical (unpaired) electrons. The molecule has 0 spiro atoms. The van der Waals surface area contributed by atoms with Crippen LogP contribution in [0, 0.1) is 5.92 Å². The van der Waals surface area contributed by atoms with Gasteiger partial charge in [0.2, 0.25) is 5.91 Å². The Morgan fingerprint density at radius 1 is 1.58 bits per heavy atom. The van der Waals surface area contributed by atoms with Crippen molar-refractivity contribution >= 4 is 5.91 Å². The van der Waals surface area contributed by atoms with E-state index in [0.717, 1.165) is 18.5 Å². The number of methoxy groups -OCH3 is 1. The van der Waals surface area contributed by atoms with Crippen molar-refractivity contribution in [3.8, 4) is 11.5 Å². The number of likely N-dealkylation sites (tertiary alicyclic amines) is 1. The Hall–Kier alpha value is -1.75. The molecule has 2 rings (SSSR count). The molecule has 0 saturated carbocycles. The lowest BCUT2D eigenvalue weighted by atomic mass is 10.1. The Kier molecular flexibility index (Phi) is 3.95. The molecule has 3 N–H and O–H groups in total. The van der Waals surface area contributed by atoms with Crippen LogP contribution in [-0.4, -0.2) is 36.1 Å². The van der Waals surface area contributed by atoms with Gasteiger partial charge in [-0.25, -0.2) is 0 Å². The summed E-state index contributed by atoms with van der Waals surface area (Å²) in [5, 5.41) is 10.0. The highest BCUT2D eigenvalue weighted by Gasteiger charge is 2.30. The van der Waals surface area contributed by atoms with Crippen LogP contribution in [0.4, 0.5) is 0 Å². The molecule has 1 heterocycles. The fourth-order valence-corrected chi connectivity index (χ4v) is 2.57. The first-order valence-corrected chi connectivity index (χ1v) is 6.43. The van der Waals surface area contributed by atoms with Gasteiger partial charge in [-0.1, -0.05) is 6.07 Å². The summed E-state index contributed by atoms with van der Waals surface area (Å²) in [5.74, 6) is 0.524. The molecule has 0 bridgehead atoms. The average molecular weight is 264 g/mol. The number of hydrogen-bond donors (Lipinski definition) is 2. The molecular weight excluding hydrogens is 244 g/mol. The number of rotatable bonds is 4. The van der Waals surface area contributed by atoms with Crippen molar-refractivity contribution in [2.45, 2.75) is 19.4 Å². The largest absolute Gasteiger partial charge is 0.507 e. The van der Waals surface area contributed by atoms with Crippen LogP contribution in [0.3, 0.4) is 0 Å². The van der Waals surface area contributed by atoms with Crippen LogP contribution in [0.15, 0.2) is 18.2 Å². The van der Waals surface area contributed by atoms with Crippen molar-refractivity contribution in [3.63, 3.8) is 0 Å². The van der Waals surface area contributed by atoms with E-state index < -0.39 is 0 Å². The Balaban J connectivity index is 2.12. The number of hydrogen-bond acceptors (Lipinski definition) is 4. The first-order valence-electron chi connectivity index (χ1n) is 6.43. The van der Waals surface area contributed by atoms with E-state index in [1.54, 1.807) is 13.2 Å². The molecule has 1 aliphatic heterocycles. The number of ether oxygens (including phenoxy) is 1. The van der Waals surface area contributed by atoms with Crippen molar-refractivity contribution in [1.29, 1.82) is 0 Å². The summed E-state index contributed by atoms with van der Waals surface area (Å²) in [7, 11) is 1.57. The number of nitrogens with zero attached hydrogens (tertiary/aromatic N) is 1. The van der Waals surface area contributed by atoms with Crippen molar-refractivity contribution in [3.05, 3.63) is 23.8 Å². The van der Waals surface area contributed by atoms with E-state index >= 15 is 0 Å². The molecule has 5 heteroatoms. The zero-order valence-corrected chi connectivity index (χ0v) is 11.3. The second kappa shape index (κ2) is 5.48. The maximum Gasteiger partial charge on any atom is 0.221 e. The van der Waals surface area contributed by atoms with Gasteiger partial charge in [-0.05, 0) is 26.0 Å². The summed E-state index contributed by atoms with van der Waals surface area (Å²) in [4.78, 5) is 13.3. The number of carbonyl (C=O) groups is 1. The molecule has 2 atom stereocenters. The third-order valence-corrected chi connectivity index (χ3v) is 3.86. The minimum absolute atomic E-state index is 0.0512. The molecule has 0 aliphatic carbocycles. The molecule has 19 heavy (non-hydrogen) atoms. The van der Waals surface area contributed by atoms with Crippen LogP contribution >= 0.6 is 0 Å². The topological polar surface area (TPSA) is 75.8 Å². The number of primary amides is 1. The van der Waals surface area contributed by atoms with Gasteiger partial charge in [-0.2, -0.15) is 0 Å². The molecule has 1 fully saturated rings. The second-order valence-corrected chi connectivity index (χ2v) is 4.98. The molecule has 104 valence electrons. The van der Waals surface area contributed by atoms with E-state index in [9.17, 15) is 9.90 Å². The standard InChI is InChI=1S/C14H20N2O3/c1-9(16-6-5-10(8-16)14(15)18)12-4-3-11(19-2)7-13(12)17/h3-4,7,9-10,17H,5-6,8H2,1-2H3,(H2,15,18). The van der Waals surface area contributed by atoms with Gasteiger partial charge in [-0.3, -0.25) is 9.69 Å². The molecule has 1 saturated heterocycles. The van der Waals surface area contributed by atoms with Gasteiger partial charge in [-0.15, -0.1) is 0 Å². The molecule has 0 aromatic heterocycles. The molecule has 2 unspecified atom stereocenters. The summed E-state index contributed by atoms with van der Waals surface area (Å²) in [6, 6.07) is 5.34. The zero-order chi connectivity index (χ0) is 14.0. The van der Waals surface area contributed by atoms with E-state index in [0.29, 0.717) is 12.3 Å². The Morgan fingerprint density at radius 2 is 2.32 bits per heavy atom. The third kappa shape index (κ3) is 2.81.